The van der Waals surface area contributed by atoms with E-state index in [9.17, 15) is 18.8 Å². The highest BCUT2D eigenvalue weighted by Gasteiger charge is 2.36. The maximum atomic E-state index is 12.9. The van der Waals surface area contributed by atoms with E-state index < -0.39 is 29.9 Å². The molecule has 8 nitrogen and oxygen atoms in total. The van der Waals surface area contributed by atoms with Crippen LogP contribution < -0.4 is 16.0 Å². The molecule has 0 heterocycles. The second kappa shape index (κ2) is 9.45. The molecule has 1 aromatic carbocycles. The minimum atomic E-state index is -1.21. The van der Waals surface area contributed by atoms with Crippen molar-refractivity contribution < 1.29 is 23.9 Å². The van der Waals surface area contributed by atoms with Gasteiger partial charge in [-0.1, -0.05) is 12.2 Å². The quantitative estimate of drug-likeness (QED) is 0.561. The van der Waals surface area contributed by atoms with Gasteiger partial charge in [0.2, 0.25) is 5.91 Å². The summed E-state index contributed by atoms with van der Waals surface area (Å²) in [6.07, 6.45) is 0.119. The lowest BCUT2D eigenvalue weighted by atomic mass is 9.81. The summed E-state index contributed by atoms with van der Waals surface area (Å²) in [6, 6.07) is 4.24. The highest BCUT2D eigenvalue weighted by Crippen LogP contribution is 2.26. The summed E-state index contributed by atoms with van der Waals surface area (Å²) in [5.41, 5.74) is 0.385. The van der Waals surface area contributed by atoms with Gasteiger partial charge in [0.25, 0.3) is 5.91 Å². The number of hydrogen-bond donors (Lipinski definition) is 4. The summed E-state index contributed by atoms with van der Waals surface area (Å²) in [5, 5.41) is 16.9. The van der Waals surface area contributed by atoms with Crippen molar-refractivity contribution in [1.29, 1.82) is 0 Å². The van der Waals surface area contributed by atoms with Crippen LogP contribution in [0.5, 0.6) is 0 Å². The summed E-state index contributed by atoms with van der Waals surface area (Å²) >= 11 is 5.12. The van der Waals surface area contributed by atoms with E-state index in [1.165, 1.54) is 29.2 Å². The van der Waals surface area contributed by atoms with Gasteiger partial charge in [0.05, 0.1) is 6.04 Å². The van der Waals surface area contributed by atoms with Crippen LogP contribution in [0.15, 0.2) is 24.3 Å². The molecule has 10 heteroatoms. The molecule has 1 aromatic rings. The molecule has 1 fully saturated rings. The second-order valence-corrected chi connectivity index (χ2v) is 7.25. The minimum Gasteiger partial charge on any atom is -0.465 e. The van der Waals surface area contributed by atoms with Crippen molar-refractivity contribution in [3.05, 3.63) is 30.1 Å². The van der Waals surface area contributed by atoms with Gasteiger partial charge in [-0.05, 0) is 43.5 Å². The number of nitrogens with one attached hydrogen (secondary N) is 3. The minimum absolute atomic E-state index is 0.0627. The maximum absolute atomic E-state index is 12.9. The Kier molecular flexibility index (Phi) is 7.27. The molecule has 3 atom stereocenters. The molecule has 0 saturated heterocycles. The molecule has 1 saturated carbocycles. The standard InChI is InChI=1S/C18H23FN4O4S/c1-23(2)17(25)10-3-8-13(14(9-10)22-18(26)27)21-16(28)15(24)20-12-6-4-11(19)5-7-12/h4-7,10,13-14,22H,3,8-9H2,1-2H3,(H,20,24)(H,21,28)(H,26,27)/t10-,13?,14?/m0/s1. The van der Waals surface area contributed by atoms with Crippen LogP contribution in [0.1, 0.15) is 19.3 Å². The van der Waals surface area contributed by atoms with Gasteiger partial charge in [-0.2, -0.15) is 0 Å². The molecule has 3 amide bonds. The average Bonchev–Trinajstić information content (AvgIpc) is 2.63. The van der Waals surface area contributed by atoms with E-state index in [0.717, 1.165) is 0 Å². The Hall–Kier alpha value is -2.75. The van der Waals surface area contributed by atoms with Crippen LogP contribution in [-0.4, -0.2) is 59.1 Å². The number of carboxylic acid groups (broad SMARTS) is 1. The van der Waals surface area contributed by atoms with Gasteiger partial charge in [-0.3, -0.25) is 9.59 Å². The van der Waals surface area contributed by atoms with Gasteiger partial charge in [0.15, 0.2) is 4.99 Å². The number of carbonyl (C=O) groups is 3. The maximum Gasteiger partial charge on any atom is 0.404 e. The number of anilines is 1. The van der Waals surface area contributed by atoms with Crippen LogP contribution in [0.4, 0.5) is 14.9 Å². The third-order valence-corrected chi connectivity index (χ3v) is 4.88. The first-order valence-corrected chi connectivity index (χ1v) is 9.16. The van der Waals surface area contributed by atoms with Gasteiger partial charge in [-0.15, -0.1) is 0 Å². The van der Waals surface area contributed by atoms with E-state index in [1.807, 2.05) is 0 Å². The third-order valence-electron chi connectivity index (χ3n) is 4.57. The molecule has 0 aliphatic heterocycles. The molecule has 2 rings (SSSR count). The van der Waals surface area contributed by atoms with Crippen molar-refractivity contribution >= 4 is 40.8 Å². The molecule has 1 aliphatic rings. The number of nitrogens with zero attached hydrogens (tertiary/aromatic N) is 1. The van der Waals surface area contributed by atoms with Crippen molar-refractivity contribution in [2.24, 2.45) is 5.92 Å². The highest BCUT2D eigenvalue weighted by atomic mass is 32.1. The lowest BCUT2D eigenvalue weighted by Crippen LogP contribution is -2.56. The molecular formula is C18H23FN4O4S. The summed E-state index contributed by atoms with van der Waals surface area (Å²) in [4.78, 5) is 37.0. The second-order valence-electron chi connectivity index (χ2n) is 6.84. The third kappa shape index (κ3) is 5.88. The molecule has 152 valence electrons. The highest BCUT2D eigenvalue weighted by molar-refractivity contribution is 7.82. The molecule has 28 heavy (non-hydrogen) atoms. The molecule has 2 unspecified atom stereocenters. The van der Waals surface area contributed by atoms with Crippen molar-refractivity contribution in [2.45, 2.75) is 31.3 Å². The van der Waals surface area contributed by atoms with Gasteiger partial charge in [0.1, 0.15) is 5.82 Å². The number of benzene rings is 1. The van der Waals surface area contributed by atoms with Gasteiger partial charge < -0.3 is 26.0 Å². The molecule has 0 spiro atoms. The fraction of sp³-hybridized carbons (Fsp3) is 0.444. The van der Waals surface area contributed by atoms with Crippen LogP contribution >= 0.6 is 12.2 Å². The van der Waals surface area contributed by atoms with Crippen LogP contribution in [0.25, 0.3) is 0 Å². The normalized spacial score (nSPS) is 21.3. The Morgan fingerprint density at radius 1 is 1.11 bits per heavy atom. The number of hydrogen-bond acceptors (Lipinski definition) is 4. The number of amides is 3. The zero-order valence-corrected chi connectivity index (χ0v) is 16.4. The van der Waals surface area contributed by atoms with Gasteiger partial charge in [0, 0.05) is 31.7 Å². The van der Waals surface area contributed by atoms with Crippen molar-refractivity contribution in [3.8, 4) is 0 Å². The van der Waals surface area contributed by atoms with Gasteiger partial charge >= 0.3 is 6.09 Å². The van der Waals surface area contributed by atoms with Crippen LogP contribution in [0, 0.1) is 11.7 Å². The smallest absolute Gasteiger partial charge is 0.404 e. The van der Waals surface area contributed by atoms with Crippen molar-refractivity contribution in [2.75, 3.05) is 19.4 Å². The average molecular weight is 410 g/mol. The Labute approximate surface area is 167 Å². The molecular weight excluding hydrogens is 387 g/mol. The summed E-state index contributed by atoms with van der Waals surface area (Å²) < 4.78 is 12.9. The zero-order chi connectivity index (χ0) is 20.8. The monoisotopic (exact) mass is 410 g/mol. The number of rotatable bonds is 4. The first kappa shape index (κ1) is 21.5. The van der Waals surface area contributed by atoms with E-state index in [2.05, 4.69) is 16.0 Å². The predicted octanol–water partition coefficient (Wildman–Crippen LogP) is 1.57. The summed E-state index contributed by atoms with van der Waals surface area (Å²) in [6.45, 7) is 0. The lowest BCUT2D eigenvalue weighted by Gasteiger charge is -2.37. The molecule has 0 bridgehead atoms. The zero-order valence-electron chi connectivity index (χ0n) is 15.6. The molecule has 4 N–H and O–H groups in total. The van der Waals surface area contributed by atoms with Crippen LogP contribution in [0.2, 0.25) is 0 Å². The van der Waals surface area contributed by atoms with E-state index in [0.29, 0.717) is 24.9 Å². The van der Waals surface area contributed by atoms with Crippen molar-refractivity contribution in [1.82, 2.24) is 15.5 Å². The molecule has 1 aliphatic carbocycles. The largest absolute Gasteiger partial charge is 0.465 e. The fourth-order valence-electron chi connectivity index (χ4n) is 3.21. The number of thiocarbonyl (C=S) groups is 1. The molecule has 0 aromatic heterocycles. The van der Waals surface area contributed by atoms with E-state index >= 15 is 0 Å². The Morgan fingerprint density at radius 2 is 1.75 bits per heavy atom. The lowest BCUT2D eigenvalue weighted by molar-refractivity contribution is -0.134. The van der Waals surface area contributed by atoms with E-state index in [1.54, 1.807) is 14.1 Å². The van der Waals surface area contributed by atoms with E-state index in [4.69, 9.17) is 17.3 Å². The SMILES string of the molecule is CN(C)C(=O)[C@H]1CCC(NC(=S)C(=O)Nc2ccc(F)cc2)C(NC(=O)O)C1. The summed E-state index contributed by atoms with van der Waals surface area (Å²) in [7, 11) is 3.31. The Bertz CT molecular complexity index is 756. The Morgan fingerprint density at radius 3 is 2.32 bits per heavy atom. The van der Waals surface area contributed by atoms with Crippen molar-refractivity contribution in [3.63, 3.8) is 0 Å². The summed E-state index contributed by atoms with van der Waals surface area (Å²) in [5.74, 6) is -1.37. The Balaban J connectivity index is 2.00. The first-order chi connectivity index (χ1) is 13.2. The topological polar surface area (TPSA) is 111 Å². The predicted molar refractivity (Wildman–Crippen MR) is 106 cm³/mol. The number of halogens is 1. The fourth-order valence-corrected chi connectivity index (χ4v) is 3.41. The number of carbonyl (C=O) groups excluding carboxylic acids is 2. The first-order valence-electron chi connectivity index (χ1n) is 8.75. The van der Waals surface area contributed by atoms with Crippen LogP contribution in [-0.2, 0) is 9.59 Å². The van der Waals surface area contributed by atoms with Gasteiger partial charge in [-0.25, -0.2) is 9.18 Å². The molecule has 0 radical (unpaired) electrons. The van der Waals surface area contributed by atoms with Crippen LogP contribution in [0.3, 0.4) is 0 Å². The van der Waals surface area contributed by atoms with E-state index in [-0.39, 0.29) is 16.8 Å².